The Kier molecular flexibility index (Phi) is 6.35. The standard InChI is InChI=1S/C17H22N4O2/c1-3-4-5-11-18-16(22)15-10-12-19-17(21-15)20-13-6-8-14(23-2)9-7-13/h6-10,12H,3-5,11H2,1-2H3,(H,18,22)(H,19,20,21). The fourth-order valence-electron chi connectivity index (χ4n) is 2.02. The quantitative estimate of drug-likeness (QED) is 0.732. The molecule has 0 unspecified atom stereocenters. The van der Waals surface area contributed by atoms with Crippen LogP contribution in [0.4, 0.5) is 11.6 Å². The monoisotopic (exact) mass is 314 g/mol. The Balaban J connectivity index is 1.96. The van der Waals surface area contributed by atoms with Crippen molar-refractivity contribution in [1.82, 2.24) is 15.3 Å². The highest BCUT2D eigenvalue weighted by atomic mass is 16.5. The van der Waals surface area contributed by atoms with E-state index >= 15 is 0 Å². The van der Waals surface area contributed by atoms with Gasteiger partial charge >= 0.3 is 0 Å². The maximum atomic E-state index is 12.1. The van der Waals surface area contributed by atoms with Crippen LogP contribution in [0.1, 0.15) is 36.7 Å². The molecule has 0 aliphatic carbocycles. The van der Waals surface area contributed by atoms with E-state index in [1.807, 2.05) is 24.3 Å². The number of carbonyl (C=O) groups excluding carboxylic acids is 1. The van der Waals surface area contributed by atoms with Crippen molar-refractivity contribution in [2.24, 2.45) is 0 Å². The molecule has 0 saturated heterocycles. The molecule has 1 heterocycles. The first-order chi connectivity index (χ1) is 11.2. The molecule has 1 aromatic heterocycles. The first kappa shape index (κ1) is 16.7. The molecule has 0 fully saturated rings. The normalized spacial score (nSPS) is 10.2. The van der Waals surface area contributed by atoms with E-state index in [-0.39, 0.29) is 5.91 Å². The molecule has 122 valence electrons. The number of rotatable bonds is 8. The maximum Gasteiger partial charge on any atom is 0.270 e. The number of hydrogen-bond donors (Lipinski definition) is 2. The summed E-state index contributed by atoms with van der Waals surface area (Å²) in [5.41, 5.74) is 1.18. The lowest BCUT2D eigenvalue weighted by atomic mass is 10.2. The third-order valence-electron chi connectivity index (χ3n) is 3.30. The number of aromatic nitrogens is 2. The first-order valence-electron chi connectivity index (χ1n) is 7.75. The van der Waals surface area contributed by atoms with Crippen molar-refractivity contribution >= 4 is 17.5 Å². The molecule has 6 heteroatoms. The Bertz CT molecular complexity index is 629. The molecule has 6 nitrogen and oxygen atoms in total. The van der Waals surface area contributed by atoms with Crippen molar-refractivity contribution in [3.05, 3.63) is 42.2 Å². The SMILES string of the molecule is CCCCCNC(=O)c1ccnc(Nc2ccc(OC)cc2)n1. The summed E-state index contributed by atoms with van der Waals surface area (Å²) in [6, 6.07) is 9.01. The van der Waals surface area contributed by atoms with Gasteiger partial charge in [-0.1, -0.05) is 19.8 Å². The topological polar surface area (TPSA) is 76.1 Å². The van der Waals surface area contributed by atoms with E-state index < -0.39 is 0 Å². The summed E-state index contributed by atoms with van der Waals surface area (Å²) in [6.45, 7) is 2.79. The lowest BCUT2D eigenvalue weighted by Crippen LogP contribution is -2.25. The van der Waals surface area contributed by atoms with Gasteiger partial charge < -0.3 is 15.4 Å². The Labute approximate surface area is 136 Å². The number of ether oxygens (including phenoxy) is 1. The van der Waals surface area contributed by atoms with Crippen LogP contribution in [0.15, 0.2) is 36.5 Å². The molecule has 2 rings (SSSR count). The summed E-state index contributed by atoms with van der Waals surface area (Å²) in [5, 5.41) is 5.94. The van der Waals surface area contributed by atoms with E-state index in [9.17, 15) is 4.79 Å². The van der Waals surface area contributed by atoms with Crippen molar-refractivity contribution in [2.75, 3.05) is 19.0 Å². The van der Waals surface area contributed by atoms with Gasteiger partial charge in [0, 0.05) is 18.4 Å². The highest BCUT2D eigenvalue weighted by molar-refractivity contribution is 5.92. The Morgan fingerprint density at radius 3 is 2.65 bits per heavy atom. The van der Waals surface area contributed by atoms with Gasteiger partial charge in [0.05, 0.1) is 7.11 Å². The Morgan fingerprint density at radius 2 is 1.96 bits per heavy atom. The fraction of sp³-hybridized carbons (Fsp3) is 0.353. The van der Waals surface area contributed by atoms with Gasteiger partial charge in [-0.2, -0.15) is 0 Å². The molecule has 2 aromatic rings. The predicted octanol–water partition coefficient (Wildman–Crippen LogP) is 3.15. The molecule has 0 atom stereocenters. The van der Waals surface area contributed by atoms with Crippen LogP contribution in [0.5, 0.6) is 5.75 Å². The lowest BCUT2D eigenvalue weighted by molar-refractivity contribution is 0.0948. The van der Waals surface area contributed by atoms with Crippen molar-refractivity contribution in [2.45, 2.75) is 26.2 Å². The van der Waals surface area contributed by atoms with E-state index in [1.165, 1.54) is 0 Å². The first-order valence-corrected chi connectivity index (χ1v) is 7.75. The van der Waals surface area contributed by atoms with Crippen LogP contribution >= 0.6 is 0 Å². The lowest BCUT2D eigenvalue weighted by Gasteiger charge is -2.08. The third-order valence-corrected chi connectivity index (χ3v) is 3.30. The van der Waals surface area contributed by atoms with E-state index in [0.29, 0.717) is 18.2 Å². The molecule has 0 aliphatic heterocycles. The molecule has 0 aliphatic rings. The minimum absolute atomic E-state index is 0.179. The second kappa shape index (κ2) is 8.73. The minimum atomic E-state index is -0.179. The summed E-state index contributed by atoms with van der Waals surface area (Å²) in [4.78, 5) is 20.4. The van der Waals surface area contributed by atoms with Gasteiger partial charge in [0.15, 0.2) is 0 Å². The number of nitrogens with one attached hydrogen (secondary N) is 2. The molecule has 1 amide bonds. The molecule has 2 N–H and O–H groups in total. The molecular formula is C17H22N4O2. The van der Waals surface area contributed by atoms with E-state index in [2.05, 4.69) is 27.5 Å². The van der Waals surface area contributed by atoms with Crippen molar-refractivity contribution in [1.29, 1.82) is 0 Å². The molecule has 0 radical (unpaired) electrons. The second-order valence-corrected chi connectivity index (χ2v) is 5.08. The number of unbranched alkanes of at least 4 members (excludes halogenated alkanes) is 2. The highest BCUT2D eigenvalue weighted by Gasteiger charge is 2.08. The van der Waals surface area contributed by atoms with E-state index in [0.717, 1.165) is 30.7 Å². The van der Waals surface area contributed by atoms with Crippen molar-refractivity contribution < 1.29 is 9.53 Å². The maximum absolute atomic E-state index is 12.1. The summed E-state index contributed by atoms with van der Waals surface area (Å²) in [5.74, 6) is 0.981. The Morgan fingerprint density at radius 1 is 1.17 bits per heavy atom. The van der Waals surface area contributed by atoms with Gasteiger partial charge in [0.1, 0.15) is 11.4 Å². The summed E-state index contributed by atoms with van der Waals surface area (Å²) in [7, 11) is 1.62. The number of amides is 1. The van der Waals surface area contributed by atoms with Crippen LogP contribution in [0.2, 0.25) is 0 Å². The van der Waals surface area contributed by atoms with Crippen molar-refractivity contribution in [3.63, 3.8) is 0 Å². The molecule has 0 saturated carbocycles. The predicted molar refractivity (Wildman–Crippen MR) is 90.2 cm³/mol. The van der Waals surface area contributed by atoms with Gasteiger partial charge in [-0.05, 0) is 36.8 Å². The molecule has 23 heavy (non-hydrogen) atoms. The van der Waals surface area contributed by atoms with Gasteiger partial charge in [0.25, 0.3) is 5.91 Å². The number of anilines is 2. The van der Waals surface area contributed by atoms with Crippen LogP contribution in [-0.4, -0.2) is 29.5 Å². The fourth-order valence-corrected chi connectivity index (χ4v) is 2.02. The minimum Gasteiger partial charge on any atom is -0.497 e. The van der Waals surface area contributed by atoms with Crippen LogP contribution in [0.3, 0.4) is 0 Å². The highest BCUT2D eigenvalue weighted by Crippen LogP contribution is 2.17. The summed E-state index contributed by atoms with van der Waals surface area (Å²) < 4.78 is 5.11. The zero-order valence-corrected chi connectivity index (χ0v) is 13.5. The van der Waals surface area contributed by atoms with E-state index in [4.69, 9.17) is 4.74 Å². The average molecular weight is 314 g/mol. The zero-order valence-electron chi connectivity index (χ0n) is 13.5. The van der Waals surface area contributed by atoms with Crippen LogP contribution in [0.25, 0.3) is 0 Å². The third kappa shape index (κ3) is 5.25. The smallest absolute Gasteiger partial charge is 0.270 e. The molecule has 0 spiro atoms. The van der Waals surface area contributed by atoms with Crippen molar-refractivity contribution in [3.8, 4) is 5.75 Å². The molecular weight excluding hydrogens is 292 g/mol. The number of carbonyl (C=O) groups is 1. The van der Waals surface area contributed by atoms with E-state index in [1.54, 1.807) is 19.4 Å². The second-order valence-electron chi connectivity index (χ2n) is 5.08. The van der Waals surface area contributed by atoms with Crippen LogP contribution < -0.4 is 15.4 Å². The summed E-state index contributed by atoms with van der Waals surface area (Å²) in [6.07, 6.45) is 4.78. The Hall–Kier alpha value is -2.63. The van der Waals surface area contributed by atoms with Crippen LogP contribution in [0, 0.1) is 0 Å². The van der Waals surface area contributed by atoms with Crippen LogP contribution in [-0.2, 0) is 0 Å². The van der Waals surface area contributed by atoms with Gasteiger partial charge in [-0.3, -0.25) is 4.79 Å². The average Bonchev–Trinajstić information content (AvgIpc) is 2.59. The van der Waals surface area contributed by atoms with Gasteiger partial charge in [-0.25, -0.2) is 9.97 Å². The number of benzene rings is 1. The largest absolute Gasteiger partial charge is 0.497 e. The van der Waals surface area contributed by atoms with Gasteiger partial charge in [0.2, 0.25) is 5.95 Å². The number of nitrogens with zero attached hydrogens (tertiary/aromatic N) is 2. The zero-order chi connectivity index (χ0) is 16.5. The molecule has 1 aromatic carbocycles. The number of methoxy groups -OCH3 is 1. The summed E-state index contributed by atoms with van der Waals surface area (Å²) >= 11 is 0. The molecule has 0 bridgehead atoms. The number of hydrogen-bond acceptors (Lipinski definition) is 5. The van der Waals surface area contributed by atoms with Gasteiger partial charge in [-0.15, -0.1) is 0 Å².